The van der Waals surface area contributed by atoms with E-state index in [1.165, 1.54) is 12.8 Å². The van der Waals surface area contributed by atoms with Gasteiger partial charge in [0, 0.05) is 6.54 Å². The molecular formula is C15H20ClNO. The molecule has 3 heteroatoms. The Morgan fingerprint density at radius 2 is 2.06 bits per heavy atom. The van der Waals surface area contributed by atoms with E-state index in [2.05, 4.69) is 5.32 Å². The number of hydrogen-bond donors (Lipinski definition) is 1. The lowest BCUT2D eigenvalue weighted by molar-refractivity contribution is -0.122. The monoisotopic (exact) mass is 265 g/mol. The summed E-state index contributed by atoms with van der Waals surface area (Å²) in [5, 5.41) is 3.08. The van der Waals surface area contributed by atoms with E-state index in [0.717, 1.165) is 12.0 Å². The van der Waals surface area contributed by atoms with Gasteiger partial charge in [-0.25, -0.2) is 0 Å². The van der Waals surface area contributed by atoms with Crippen molar-refractivity contribution >= 4 is 17.5 Å². The molecule has 1 aromatic rings. The maximum Gasteiger partial charge on any atom is 0.227 e. The molecule has 1 aliphatic carbocycles. The highest BCUT2D eigenvalue weighted by molar-refractivity contribution is 6.21. The van der Waals surface area contributed by atoms with Gasteiger partial charge in [0.2, 0.25) is 5.91 Å². The molecule has 0 bridgehead atoms. The maximum absolute atomic E-state index is 12.2. The zero-order valence-electron chi connectivity index (χ0n) is 10.7. The van der Waals surface area contributed by atoms with Gasteiger partial charge in [0.05, 0.1) is 11.3 Å². The third-order valence-electron chi connectivity index (χ3n) is 3.53. The molecular weight excluding hydrogens is 246 g/mol. The van der Waals surface area contributed by atoms with Crippen molar-refractivity contribution in [3.05, 3.63) is 35.9 Å². The van der Waals surface area contributed by atoms with Crippen molar-refractivity contribution in [3.8, 4) is 0 Å². The van der Waals surface area contributed by atoms with Crippen LogP contribution in [0.1, 0.15) is 37.7 Å². The number of halogens is 1. The quantitative estimate of drug-likeness (QED) is 0.786. The molecule has 0 spiro atoms. The second-order valence-electron chi connectivity index (χ2n) is 4.97. The summed E-state index contributed by atoms with van der Waals surface area (Å²) in [4.78, 5) is 12.2. The van der Waals surface area contributed by atoms with Crippen LogP contribution in [-0.2, 0) is 4.79 Å². The second kappa shape index (κ2) is 6.24. The Morgan fingerprint density at radius 3 is 2.61 bits per heavy atom. The van der Waals surface area contributed by atoms with Crippen molar-refractivity contribution in [2.24, 2.45) is 5.92 Å². The van der Waals surface area contributed by atoms with Crippen LogP contribution in [0.4, 0.5) is 0 Å². The second-order valence-corrected chi connectivity index (χ2v) is 5.53. The molecule has 98 valence electrons. The molecule has 2 unspecified atom stereocenters. The molecule has 1 fully saturated rings. The summed E-state index contributed by atoms with van der Waals surface area (Å²) in [7, 11) is 0. The molecule has 2 nitrogen and oxygen atoms in total. The summed E-state index contributed by atoms with van der Waals surface area (Å²) < 4.78 is 0. The van der Waals surface area contributed by atoms with Gasteiger partial charge in [0.25, 0.3) is 0 Å². The van der Waals surface area contributed by atoms with Crippen LogP contribution in [0.25, 0.3) is 0 Å². The van der Waals surface area contributed by atoms with E-state index in [9.17, 15) is 4.79 Å². The van der Waals surface area contributed by atoms with Crippen LogP contribution < -0.4 is 5.32 Å². The van der Waals surface area contributed by atoms with E-state index in [4.69, 9.17) is 11.6 Å². The standard InChI is InChI=1S/C15H20ClNO/c1-2-13(11-6-4-3-5-7-11)15(18)17-10-14(16)12-8-9-12/h3-7,12-14H,2,8-10H2,1H3,(H,17,18). The van der Waals surface area contributed by atoms with Crippen molar-refractivity contribution in [2.75, 3.05) is 6.54 Å². The van der Waals surface area contributed by atoms with E-state index in [1.807, 2.05) is 37.3 Å². The smallest absolute Gasteiger partial charge is 0.227 e. The highest BCUT2D eigenvalue weighted by Crippen LogP contribution is 2.35. The van der Waals surface area contributed by atoms with Gasteiger partial charge in [-0.15, -0.1) is 11.6 Å². The minimum atomic E-state index is -0.0609. The first kappa shape index (κ1) is 13.4. The lowest BCUT2D eigenvalue weighted by Gasteiger charge is -2.17. The first-order valence-electron chi connectivity index (χ1n) is 6.69. The molecule has 1 aromatic carbocycles. The third kappa shape index (κ3) is 3.49. The average molecular weight is 266 g/mol. The molecule has 0 heterocycles. The number of carbonyl (C=O) groups is 1. The van der Waals surface area contributed by atoms with Crippen molar-refractivity contribution in [1.29, 1.82) is 0 Å². The van der Waals surface area contributed by atoms with Gasteiger partial charge in [0.1, 0.15) is 0 Å². The fourth-order valence-electron chi connectivity index (χ4n) is 2.20. The molecule has 1 saturated carbocycles. The average Bonchev–Trinajstić information content (AvgIpc) is 3.22. The Hall–Kier alpha value is -1.02. The van der Waals surface area contributed by atoms with Crippen molar-refractivity contribution in [1.82, 2.24) is 5.32 Å². The lowest BCUT2D eigenvalue weighted by atomic mass is 9.95. The number of amides is 1. The summed E-state index contributed by atoms with van der Waals surface area (Å²) in [6, 6.07) is 9.93. The minimum absolute atomic E-state index is 0.0609. The van der Waals surface area contributed by atoms with Crippen molar-refractivity contribution in [2.45, 2.75) is 37.5 Å². The highest BCUT2D eigenvalue weighted by Gasteiger charge is 2.30. The summed E-state index contributed by atoms with van der Waals surface area (Å²) in [5.41, 5.74) is 1.08. The highest BCUT2D eigenvalue weighted by atomic mass is 35.5. The van der Waals surface area contributed by atoms with E-state index < -0.39 is 0 Å². The Morgan fingerprint density at radius 1 is 1.39 bits per heavy atom. The van der Waals surface area contributed by atoms with Gasteiger partial charge in [-0.05, 0) is 30.7 Å². The molecule has 2 atom stereocenters. The molecule has 0 radical (unpaired) electrons. The summed E-state index contributed by atoms with van der Waals surface area (Å²) in [6.07, 6.45) is 3.23. The predicted octanol–water partition coefficient (Wildman–Crippen LogP) is 3.31. The Bertz CT molecular complexity index is 389. The molecule has 2 rings (SSSR count). The van der Waals surface area contributed by atoms with Gasteiger partial charge in [-0.2, -0.15) is 0 Å². The zero-order valence-corrected chi connectivity index (χ0v) is 11.5. The number of carbonyl (C=O) groups excluding carboxylic acids is 1. The number of hydrogen-bond acceptors (Lipinski definition) is 1. The Kier molecular flexibility index (Phi) is 4.65. The van der Waals surface area contributed by atoms with Crippen LogP contribution in [0.5, 0.6) is 0 Å². The number of benzene rings is 1. The molecule has 1 amide bonds. The van der Waals surface area contributed by atoms with Crippen molar-refractivity contribution < 1.29 is 4.79 Å². The fraction of sp³-hybridized carbons (Fsp3) is 0.533. The fourth-order valence-corrected chi connectivity index (χ4v) is 2.53. The molecule has 0 saturated heterocycles. The maximum atomic E-state index is 12.2. The summed E-state index contributed by atoms with van der Waals surface area (Å²) in [5.74, 6) is 0.646. The first-order chi connectivity index (χ1) is 8.72. The topological polar surface area (TPSA) is 29.1 Å². The van der Waals surface area contributed by atoms with Crippen LogP contribution in [0.15, 0.2) is 30.3 Å². The first-order valence-corrected chi connectivity index (χ1v) is 7.12. The van der Waals surface area contributed by atoms with Crippen LogP contribution in [0, 0.1) is 5.92 Å². The number of alkyl halides is 1. The van der Waals surface area contributed by atoms with E-state index in [1.54, 1.807) is 0 Å². The molecule has 0 aliphatic heterocycles. The van der Waals surface area contributed by atoms with Crippen molar-refractivity contribution in [3.63, 3.8) is 0 Å². The van der Waals surface area contributed by atoms with Gasteiger partial charge in [0.15, 0.2) is 0 Å². The van der Waals surface area contributed by atoms with Gasteiger partial charge in [-0.1, -0.05) is 37.3 Å². The summed E-state index contributed by atoms with van der Waals surface area (Å²) in [6.45, 7) is 2.63. The van der Waals surface area contributed by atoms with Gasteiger partial charge >= 0.3 is 0 Å². The normalized spacial score (nSPS) is 18.1. The largest absolute Gasteiger partial charge is 0.354 e. The number of nitrogens with one attached hydrogen (secondary N) is 1. The Balaban J connectivity index is 1.89. The minimum Gasteiger partial charge on any atom is -0.354 e. The number of rotatable bonds is 6. The molecule has 0 aromatic heterocycles. The third-order valence-corrected chi connectivity index (χ3v) is 4.04. The zero-order chi connectivity index (χ0) is 13.0. The van der Waals surface area contributed by atoms with Crippen LogP contribution in [-0.4, -0.2) is 17.8 Å². The van der Waals surface area contributed by atoms with Gasteiger partial charge < -0.3 is 5.32 Å². The lowest BCUT2D eigenvalue weighted by Crippen LogP contribution is -2.34. The molecule has 1 aliphatic rings. The summed E-state index contributed by atoms with van der Waals surface area (Å²) >= 11 is 6.20. The SMILES string of the molecule is CCC(C(=O)NCC(Cl)C1CC1)c1ccccc1. The predicted molar refractivity (Wildman–Crippen MR) is 74.8 cm³/mol. The van der Waals surface area contributed by atoms with E-state index in [0.29, 0.717) is 12.5 Å². The molecule has 1 N–H and O–H groups in total. The van der Waals surface area contributed by atoms with E-state index >= 15 is 0 Å². The molecule has 18 heavy (non-hydrogen) atoms. The van der Waals surface area contributed by atoms with Crippen LogP contribution in [0.3, 0.4) is 0 Å². The van der Waals surface area contributed by atoms with Crippen LogP contribution >= 0.6 is 11.6 Å². The van der Waals surface area contributed by atoms with Crippen LogP contribution in [0.2, 0.25) is 0 Å². The van der Waals surface area contributed by atoms with Gasteiger partial charge in [-0.3, -0.25) is 4.79 Å². The Labute approximate surface area is 114 Å². The van der Waals surface area contributed by atoms with E-state index in [-0.39, 0.29) is 17.2 Å².